The molecule has 0 bridgehead atoms. The van der Waals surface area contributed by atoms with Gasteiger partial charge in [-0.3, -0.25) is 14.1 Å². The van der Waals surface area contributed by atoms with Crippen molar-refractivity contribution >= 4 is 19.8 Å². The smallest absolute Gasteiger partial charge is 0.462 e. The fraction of sp³-hybridized carbons (Fsp3) is 0.778. The first-order valence-corrected chi connectivity index (χ1v) is 23.5. The number of hydrogen-bond donors (Lipinski definition) is 2. The molecule has 8 nitrogen and oxygen atoms in total. The summed E-state index contributed by atoms with van der Waals surface area (Å²) in [5.41, 5.74) is 0. The molecule has 1 unspecified atom stereocenters. The molecule has 0 aromatic heterocycles. The van der Waals surface area contributed by atoms with Crippen LogP contribution in [-0.2, 0) is 28.2 Å². The molecule has 0 aromatic carbocycles. The standard InChI is InChI=1S/C45H81O8P/c1-3-5-7-9-11-13-15-17-18-19-20-21-22-23-24-25-26-28-29-31-33-35-37-39-44(46)51-41-43(42-52-54(48,49)50)53-45(47)40-38-36-34-32-30-27-16-14-12-10-8-6-4-2/h20-21,23-24,27,30,34,36,43H,3-19,22,25-26,28-29,31-33,35,37-42H2,1-2H3,(H2,48,49,50)/b21-20+,24-23+,30-27+,36-34+. The van der Waals surface area contributed by atoms with E-state index < -0.39 is 32.5 Å². The number of rotatable bonds is 40. The van der Waals surface area contributed by atoms with E-state index in [0.29, 0.717) is 12.8 Å². The molecule has 1 atom stereocenters. The molecular weight excluding hydrogens is 699 g/mol. The van der Waals surface area contributed by atoms with Gasteiger partial charge in [-0.1, -0.05) is 178 Å². The van der Waals surface area contributed by atoms with Crippen molar-refractivity contribution in [1.82, 2.24) is 0 Å². The Morgan fingerprint density at radius 1 is 0.481 bits per heavy atom. The molecule has 314 valence electrons. The van der Waals surface area contributed by atoms with Gasteiger partial charge in [0.25, 0.3) is 0 Å². The van der Waals surface area contributed by atoms with Crippen LogP contribution < -0.4 is 0 Å². The molecule has 0 heterocycles. The number of carbonyl (C=O) groups is 2. The average molecular weight is 781 g/mol. The molecule has 0 aliphatic rings. The van der Waals surface area contributed by atoms with Crippen molar-refractivity contribution < 1.29 is 37.9 Å². The molecule has 0 saturated heterocycles. The number of unbranched alkanes of at least 4 members (excludes halogenated alkanes) is 22. The predicted octanol–water partition coefficient (Wildman–Crippen LogP) is 13.5. The van der Waals surface area contributed by atoms with Gasteiger partial charge >= 0.3 is 19.8 Å². The molecule has 0 radical (unpaired) electrons. The van der Waals surface area contributed by atoms with Gasteiger partial charge in [0.1, 0.15) is 6.61 Å². The number of carbonyl (C=O) groups excluding carboxylic acids is 2. The van der Waals surface area contributed by atoms with Crippen LogP contribution >= 0.6 is 7.82 Å². The van der Waals surface area contributed by atoms with Gasteiger partial charge in [-0.25, -0.2) is 4.57 Å². The summed E-state index contributed by atoms with van der Waals surface area (Å²) in [5, 5.41) is 0. The number of hydrogen-bond acceptors (Lipinski definition) is 6. The molecule has 0 saturated carbocycles. The SMILES string of the molecule is CCCCCCCC/C=C/C/C=C/CCC(=O)OC(COC(=O)CCCCCCCCC/C=C/C/C=C/CCCCCCCCCCC)COP(=O)(O)O. The lowest BCUT2D eigenvalue weighted by Gasteiger charge is -2.18. The topological polar surface area (TPSA) is 119 Å². The van der Waals surface area contributed by atoms with Gasteiger partial charge in [0, 0.05) is 12.8 Å². The van der Waals surface area contributed by atoms with Crippen LogP contribution in [0.25, 0.3) is 0 Å². The molecule has 9 heteroatoms. The lowest BCUT2D eigenvalue weighted by Crippen LogP contribution is -2.29. The molecule has 0 spiro atoms. The zero-order chi connectivity index (χ0) is 39.6. The third-order valence-corrected chi connectivity index (χ3v) is 9.82. The monoisotopic (exact) mass is 781 g/mol. The second-order valence-electron chi connectivity index (χ2n) is 14.7. The van der Waals surface area contributed by atoms with Gasteiger partial charge < -0.3 is 19.3 Å². The van der Waals surface area contributed by atoms with E-state index >= 15 is 0 Å². The Balaban J connectivity index is 3.92. The minimum atomic E-state index is -4.77. The highest BCUT2D eigenvalue weighted by atomic mass is 31.2. The lowest BCUT2D eigenvalue weighted by atomic mass is 10.1. The first kappa shape index (κ1) is 52.0. The van der Waals surface area contributed by atoms with Crippen molar-refractivity contribution in [2.45, 2.75) is 213 Å². The Hall–Kier alpha value is -1.99. The van der Waals surface area contributed by atoms with Crippen molar-refractivity contribution in [2.24, 2.45) is 0 Å². The van der Waals surface area contributed by atoms with Crippen molar-refractivity contribution in [2.75, 3.05) is 13.2 Å². The molecule has 0 fully saturated rings. The summed E-state index contributed by atoms with van der Waals surface area (Å²) in [6, 6.07) is 0. The van der Waals surface area contributed by atoms with Gasteiger partial charge in [0.15, 0.2) is 6.10 Å². The van der Waals surface area contributed by atoms with E-state index in [0.717, 1.165) is 44.9 Å². The molecule has 0 aromatic rings. The fourth-order valence-electron chi connectivity index (χ4n) is 6.04. The predicted molar refractivity (Wildman–Crippen MR) is 225 cm³/mol. The van der Waals surface area contributed by atoms with Crippen LogP contribution in [0, 0.1) is 0 Å². The minimum Gasteiger partial charge on any atom is -0.462 e. The number of phosphoric acid groups is 1. The highest BCUT2D eigenvalue weighted by Gasteiger charge is 2.22. The largest absolute Gasteiger partial charge is 0.469 e. The van der Waals surface area contributed by atoms with Gasteiger partial charge in [0.2, 0.25) is 0 Å². The van der Waals surface area contributed by atoms with E-state index in [-0.39, 0.29) is 19.4 Å². The molecule has 0 rings (SSSR count). The maximum atomic E-state index is 12.3. The van der Waals surface area contributed by atoms with Crippen LogP contribution in [0.1, 0.15) is 206 Å². The van der Waals surface area contributed by atoms with Crippen molar-refractivity contribution in [3.8, 4) is 0 Å². The van der Waals surface area contributed by atoms with Crippen LogP contribution in [0.2, 0.25) is 0 Å². The van der Waals surface area contributed by atoms with E-state index in [1.54, 1.807) is 0 Å². The first-order valence-electron chi connectivity index (χ1n) is 21.9. The van der Waals surface area contributed by atoms with E-state index in [1.165, 1.54) is 122 Å². The molecule has 0 amide bonds. The quantitative estimate of drug-likeness (QED) is 0.0273. The highest BCUT2D eigenvalue weighted by Crippen LogP contribution is 2.36. The maximum Gasteiger partial charge on any atom is 0.469 e. The molecule has 0 aliphatic heterocycles. The zero-order valence-corrected chi connectivity index (χ0v) is 35.5. The summed E-state index contributed by atoms with van der Waals surface area (Å²) in [4.78, 5) is 42.8. The summed E-state index contributed by atoms with van der Waals surface area (Å²) in [6.07, 6.45) is 50.0. The van der Waals surface area contributed by atoms with Crippen LogP contribution in [0.5, 0.6) is 0 Å². The number of phosphoric ester groups is 1. The van der Waals surface area contributed by atoms with Crippen LogP contribution in [-0.4, -0.2) is 41.0 Å². The Labute approximate surface area is 331 Å². The maximum absolute atomic E-state index is 12.3. The number of ether oxygens (including phenoxy) is 2. The Morgan fingerprint density at radius 2 is 0.870 bits per heavy atom. The average Bonchev–Trinajstić information content (AvgIpc) is 3.14. The van der Waals surface area contributed by atoms with E-state index in [1.807, 2.05) is 12.2 Å². The lowest BCUT2D eigenvalue weighted by molar-refractivity contribution is -0.161. The molecular formula is C45H81O8P. The Bertz CT molecular complexity index is 1020. The second-order valence-corrected chi connectivity index (χ2v) is 15.9. The second kappa shape index (κ2) is 40.7. The summed E-state index contributed by atoms with van der Waals surface area (Å²) >= 11 is 0. The minimum absolute atomic E-state index is 0.103. The summed E-state index contributed by atoms with van der Waals surface area (Å²) in [6.45, 7) is 3.62. The molecule has 54 heavy (non-hydrogen) atoms. The van der Waals surface area contributed by atoms with Crippen LogP contribution in [0.3, 0.4) is 0 Å². The van der Waals surface area contributed by atoms with E-state index in [2.05, 4.69) is 54.8 Å². The number of allylic oxidation sites excluding steroid dienone is 8. The number of esters is 2. The van der Waals surface area contributed by atoms with E-state index in [9.17, 15) is 14.2 Å². The van der Waals surface area contributed by atoms with Gasteiger partial charge in [0.05, 0.1) is 6.61 Å². The highest BCUT2D eigenvalue weighted by molar-refractivity contribution is 7.46. The molecule has 2 N–H and O–H groups in total. The van der Waals surface area contributed by atoms with Crippen LogP contribution in [0.15, 0.2) is 48.6 Å². The summed E-state index contributed by atoms with van der Waals surface area (Å²) < 4.78 is 26.3. The van der Waals surface area contributed by atoms with Crippen molar-refractivity contribution in [3.63, 3.8) is 0 Å². The van der Waals surface area contributed by atoms with E-state index in [4.69, 9.17) is 19.3 Å². The third kappa shape index (κ3) is 42.7. The van der Waals surface area contributed by atoms with Gasteiger partial charge in [-0.05, 0) is 64.2 Å². The summed E-state index contributed by atoms with van der Waals surface area (Å²) in [7, 11) is -4.77. The van der Waals surface area contributed by atoms with Crippen molar-refractivity contribution in [3.05, 3.63) is 48.6 Å². The first-order chi connectivity index (χ1) is 26.3. The van der Waals surface area contributed by atoms with Crippen molar-refractivity contribution in [1.29, 1.82) is 0 Å². The zero-order valence-electron chi connectivity index (χ0n) is 34.6. The third-order valence-electron chi connectivity index (χ3n) is 9.33. The Kier molecular flexibility index (Phi) is 39.2. The van der Waals surface area contributed by atoms with Gasteiger partial charge in [-0.15, -0.1) is 0 Å². The fourth-order valence-corrected chi connectivity index (χ4v) is 6.41. The van der Waals surface area contributed by atoms with Crippen LogP contribution in [0.4, 0.5) is 0 Å². The summed E-state index contributed by atoms with van der Waals surface area (Å²) in [5.74, 6) is -0.971. The Morgan fingerprint density at radius 3 is 1.30 bits per heavy atom. The normalized spacial score (nSPS) is 12.9. The molecule has 0 aliphatic carbocycles. The van der Waals surface area contributed by atoms with Gasteiger partial charge in [-0.2, -0.15) is 0 Å².